The number of thioether (sulfide) groups is 1. The van der Waals surface area contributed by atoms with Crippen LogP contribution >= 0.6 is 11.8 Å². The maximum atomic E-state index is 13.1. The fourth-order valence-corrected chi connectivity index (χ4v) is 4.69. The van der Waals surface area contributed by atoms with E-state index in [-0.39, 0.29) is 10.4 Å². The Bertz CT molecular complexity index is 1160. The molecule has 0 N–H and O–H groups in total. The first-order chi connectivity index (χ1) is 15.9. The molecule has 0 aliphatic carbocycles. The van der Waals surface area contributed by atoms with Crippen molar-refractivity contribution in [2.45, 2.75) is 25.5 Å². The van der Waals surface area contributed by atoms with Gasteiger partial charge in [-0.25, -0.2) is 0 Å². The van der Waals surface area contributed by atoms with Crippen LogP contribution in [-0.4, -0.2) is 38.5 Å². The van der Waals surface area contributed by atoms with Crippen LogP contribution in [0.25, 0.3) is 10.8 Å². The van der Waals surface area contributed by atoms with Crippen LogP contribution in [0, 0.1) is 0 Å². The molecule has 0 radical (unpaired) electrons. The molecule has 0 spiro atoms. The zero-order valence-corrected chi connectivity index (χ0v) is 20.6. The van der Waals surface area contributed by atoms with Crippen molar-refractivity contribution in [2.75, 3.05) is 28.4 Å². The van der Waals surface area contributed by atoms with Gasteiger partial charge in [-0.1, -0.05) is 23.4 Å². The van der Waals surface area contributed by atoms with Crippen LogP contribution in [0.2, 0.25) is 0 Å². The van der Waals surface area contributed by atoms with Crippen molar-refractivity contribution in [1.29, 1.82) is 0 Å². The number of allylic oxidation sites excluding steroid dienone is 2. The molecule has 0 amide bonds. The number of rotatable bonds is 9. The number of pyridine rings is 1. The lowest BCUT2D eigenvalue weighted by molar-refractivity contribution is 0.108. The summed E-state index contributed by atoms with van der Waals surface area (Å²) in [6.45, 7) is 4.08. The first kappa shape index (κ1) is 24.5. The summed E-state index contributed by atoms with van der Waals surface area (Å²) >= 11 is 1.24. The molecule has 1 heterocycles. The largest absolute Gasteiger partial charge is 0.496 e. The zero-order chi connectivity index (χ0) is 24.0. The van der Waals surface area contributed by atoms with Gasteiger partial charge in [-0.2, -0.15) is 0 Å². The SMILES string of the molecule is COc1ccc(OC)c2c(OC)c(C(CC=C(C)C)SC(=O)c3cccnc3)cc(OC)c12. The molecule has 1 unspecified atom stereocenters. The molecular weight excluding hydrogens is 438 g/mol. The molecule has 3 aromatic rings. The maximum Gasteiger partial charge on any atom is 0.221 e. The average Bonchev–Trinajstić information content (AvgIpc) is 2.84. The molecule has 174 valence electrons. The topological polar surface area (TPSA) is 66.9 Å². The van der Waals surface area contributed by atoms with Gasteiger partial charge in [0, 0.05) is 28.8 Å². The molecule has 2 aromatic carbocycles. The highest BCUT2D eigenvalue weighted by atomic mass is 32.2. The van der Waals surface area contributed by atoms with E-state index in [1.54, 1.807) is 53.0 Å². The first-order valence-electron chi connectivity index (χ1n) is 10.5. The molecule has 7 heteroatoms. The molecule has 1 atom stereocenters. The van der Waals surface area contributed by atoms with Crippen LogP contribution in [-0.2, 0) is 0 Å². The Morgan fingerprint density at radius 1 is 0.970 bits per heavy atom. The quantitative estimate of drug-likeness (QED) is 0.345. The molecule has 3 rings (SSSR count). The number of nitrogens with zero attached hydrogens (tertiary/aromatic N) is 1. The summed E-state index contributed by atoms with van der Waals surface area (Å²) in [5, 5.41) is 1.21. The number of carbonyl (C=O) groups excluding carboxylic acids is 1. The summed E-state index contributed by atoms with van der Waals surface area (Å²) in [4.78, 5) is 17.2. The summed E-state index contributed by atoms with van der Waals surface area (Å²) in [5.41, 5.74) is 2.56. The smallest absolute Gasteiger partial charge is 0.221 e. The molecular formula is C26H29NO5S. The Labute approximate surface area is 198 Å². The van der Waals surface area contributed by atoms with Crippen molar-refractivity contribution in [3.63, 3.8) is 0 Å². The van der Waals surface area contributed by atoms with Crippen LogP contribution in [0.4, 0.5) is 0 Å². The number of ether oxygens (including phenoxy) is 4. The standard InChI is InChI=1S/C26H29NO5S/c1-16(2)9-12-22(33-26(28)17-8-7-13-27-15-17)18-14-21(31-5)23-19(29-3)10-11-20(30-4)24(23)25(18)32-6/h7-11,13-15,22H,12H2,1-6H3. The van der Waals surface area contributed by atoms with E-state index < -0.39 is 0 Å². The average molecular weight is 468 g/mol. The Balaban J connectivity index is 2.25. The van der Waals surface area contributed by atoms with Crippen molar-refractivity contribution < 1.29 is 23.7 Å². The molecule has 33 heavy (non-hydrogen) atoms. The Hall–Kier alpha value is -3.19. The Morgan fingerprint density at radius 3 is 2.18 bits per heavy atom. The second-order valence-corrected chi connectivity index (χ2v) is 8.75. The second-order valence-electron chi connectivity index (χ2n) is 7.57. The first-order valence-corrected chi connectivity index (χ1v) is 11.4. The maximum absolute atomic E-state index is 13.1. The van der Waals surface area contributed by atoms with Gasteiger partial charge < -0.3 is 18.9 Å². The summed E-state index contributed by atoms with van der Waals surface area (Å²) < 4.78 is 23.0. The lowest BCUT2D eigenvalue weighted by Gasteiger charge is -2.23. The normalized spacial score (nSPS) is 11.6. The fourth-order valence-electron chi connectivity index (χ4n) is 3.68. The highest BCUT2D eigenvalue weighted by molar-refractivity contribution is 8.14. The van der Waals surface area contributed by atoms with E-state index >= 15 is 0 Å². The summed E-state index contributed by atoms with van der Waals surface area (Å²) in [6, 6.07) is 9.13. The van der Waals surface area contributed by atoms with Gasteiger partial charge in [0.1, 0.15) is 23.0 Å². The molecule has 0 saturated carbocycles. The number of hydrogen-bond donors (Lipinski definition) is 0. The third-order valence-corrected chi connectivity index (χ3v) is 6.43. The number of fused-ring (bicyclic) bond motifs is 1. The minimum atomic E-state index is -0.225. The van der Waals surface area contributed by atoms with E-state index in [1.807, 2.05) is 32.0 Å². The third-order valence-electron chi connectivity index (χ3n) is 5.25. The van der Waals surface area contributed by atoms with Crippen molar-refractivity contribution in [3.8, 4) is 23.0 Å². The predicted octanol–water partition coefficient (Wildman–Crippen LogP) is 6.24. The molecule has 1 aromatic heterocycles. The fraction of sp³-hybridized carbons (Fsp3) is 0.308. The molecule has 0 aliphatic rings. The number of methoxy groups -OCH3 is 4. The lowest BCUT2D eigenvalue weighted by atomic mass is 9.98. The Morgan fingerprint density at radius 2 is 1.64 bits per heavy atom. The highest BCUT2D eigenvalue weighted by Crippen LogP contribution is 2.50. The van der Waals surface area contributed by atoms with E-state index in [9.17, 15) is 4.79 Å². The molecule has 0 bridgehead atoms. The van der Waals surface area contributed by atoms with E-state index in [2.05, 4.69) is 11.1 Å². The van der Waals surface area contributed by atoms with Crippen LogP contribution in [0.15, 0.2) is 54.4 Å². The third kappa shape index (κ3) is 5.25. The number of benzene rings is 2. The Kier molecular flexibility index (Phi) is 8.22. The van der Waals surface area contributed by atoms with Gasteiger partial charge in [0.2, 0.25) is 5.12 Å². The number of hydrogen-bond acceptors (Lipinski definition) is 7. The van der Waals surface area contributed by atoms with Crippen molar-refractivity contribution in [3.05, 3.63) is 65.5 Å². The van der Waals surface area contributed by atoms with Crippen LogP contribution in [0.3, 0.4) is 0 Å². The summed E-state index contributed by atoms with van der Waals surface area (Å²) in [5.74, 6) is 2.52. The lowest BCUT2D eigenvalue weighted by Crippen LogP contribution is -2.05. The number of aromatic nitrogens is 1. The minimum absolute atomic E-state index is 0.0611. The predicted molar refractivity (Wildman–Crippen MR) is 133 cm³/mol. The molecule has 0 fully saturated rings. The minimum Gasteiger partial charge on any atom is -0.496 e. The molecule has 0 aliphatic heterocycles. The van der Waals surface area contributed by atoms with Crippen molar-refractivity contribution in [2.24, 2.45) is 0 Å². The van der Waals surface area contributed by atoms with E-state index in [1.165, 1.54) is 17.3 Å². The summed E-state index contributed by atoms with van der Waals surface area (Å²) in [6.07, 6.45) is 5.99. The second kappa shape index (κ2) is 11.1. The van der Waals surface area contributed by atoms with Gasteiger partial charge in [0.25, 0.3) is 0 Å². The van der Waals surface area contributed by atoms with Gasteiger partial charge in [0.05, 0.1) is 39.2 Å². The zero-order valence-electron chi connectivity index (χ0n) is 19.8. The van der Waals surface area contributed by atoms with E-state index in [4.69, 9.17) is 18.9 Å². The molecule has 0 saturated heterocycles. The van der Waals surface area contributed by atoms with Gasteiger partial charge >= 0.3 is 0 Å². The summed E-state index contributed by atoms with van der Waals surface area (Å²) in [7, 11) is 6.46. The monoisotopic (exact) mass is 467 g/mol. The van der Waals surface area contributed by atoms with E-state index in [0.29, 0.717) is 35.0 Å². The van der Waals surface area contributed by atoms with Gasteiger partial charge in [0.15, 0.2) is 0 Å². The van der Waals surface area contributed by atoms with Crippen molar-refractivity contribution >= 4 is 27.6 Å². The van der Waals surface area contributed by atoms with Gasteiger partial charge in [-0.05, 0) is 50.6 Å². The van der Waals surface area contributed by atoms with E-state index in [0.717, 1.165) is 16.3 Å². The van der Waals surface area contributed by atoms with Gasteiger partial charge in [-0.15, -0.1) is 0 Å². The molecule has 6 nitrogen and oxygen atoms in total. The van der Waals surface area contributed by atoms with Gasteiger partial charge in [-0.3, -0.25) is 9.78 Å². The number of carbonyl (C=O) groups is 1. The van der Waals surface area contributed by atoms with Crippen LogP contribution in [0.1, 0.15) is 41.4 Å². The van der Waals surface area contributed by atoms with Crippen LogP contribution < -0.4 is 18.9 Å². The highest BCUT2D eigenvalue weighted by Gasteiger charge is 2.27. The van der Waals surface area contributed by atoms with Crippen molar-refractivity contribution in [1.82, 2.24) is 4.98 Å². The van der Waals surface area contributed by atoms with Crippen LogP contribution in [0.5, 0.6) is 23.0 Å².